The lowest BCUT2D eigenvalue weighted by molar-refractivity contribution is 0.0487. The lowest BCUT2D eigenvalue weighted by Gasteiger charge is -2.34. The number of piperidine rings is 1. The number of nitrogens with zero attached hydrogens (tertiary/aromatic N) is 1. The molecule has 1 fully saturated rings. The number of benzene rings is 1. The van der Waals surface area contributed by atoms with Gasteiger partial charge in [-0.2, -0.15) is 0 Å². The Morgan fingerprint density at radius 1 is 1.37 bits per heavy atom. The Labute approximate surface area is 116 Å². The summed E-state index contributed by atoms with van der Waals surface area (Å²) in [5, 5.41) is 9.72. The Bertz CT molecular complexity index is 377. The molecule has 2 atom stereocenters. The average Bonchev–Trinajstić information content (AvgIpc) is 2.45. The van der Waals surface area contributed by atoms with Crippen LogP contribution in [0.25, 0.3) is 0 Å². The Balaban J connectivity index is 1.80. The Morgan fingerprint density at radius 2 is 2.11 bits per heavy atom. The van der Waals surface area contributed by atoms with Gasteiger partial charge in [-0.05, 0) is 56.8 Å². The molecule has 1 heterocycles. The number of rotatable bonds is 5. The molecule has 0 saturated carbocycles. The van der Waals surface area contributed by atoms with Crippen LogP contribution in [0.15, 0.2) is 24.3 Å². The molecule has 1 aliphatic heterocycles. The van der Waals surface area contributed by atoms with Gasteiger partial charge in [0.1, 0.15) is 5.75 Å². The molecule has 1 aliphatic rings. The minimum atomic E-state index is -0.128. The van der Waals surface area contributed by atoms with Crippen molar-refractivity contribution in [3.05, 3.63) is 29.8 Å². The standard InChI is InChI=1S/C16H25NO2/c1-13(17-11-3-4-15(18)12-17)5-6-14-7-9-16(19-2)10-8-14/h7-10,13,15,18H,3-6,11-12H2,1-2H3. The maximum Gasteiger partial charge on any atom is 0.118 e. The van der Waals surface area contributed by atoms with Crippen molar-refractivity contribution >= 4 is 0 Å². The first-order valence-electron chi connectivity index (χ1n) is 7.24. The van der Waals surface area contributed by atoms with E-state index in [2.05, 4.69) is 24.0 Å². The monoisotopic (exact) mass is 263 g/mol. The van der Waals surface area contributed by atoms with Crippen LogP contribution in [0.1, 0.15) is 31.7 Å². The zero-order valence-electron chi connectivity index (χ0n) is 12.0. The number of methoxy groups -OCH3 is 1. The first-order chi connectivity index (χ1) is 9.19. The highest BCUT2D eigenvalue weighted by atomic mass is 16.5. The van der Waals surface area contributed by atoms with Crippen LogP contribution in [0.3, 0.4) is 0 Å². The fourth-order valence-electron chi connectivity index (χ4n) is 2.73. The van der Waals surface area contributed by atoms with Crippen molar-refractivity contribution in [3.63, 3.8) is 0 Å². The number of aryl methyl sites for hydroxylation is 1. The SMILES string of the molecule is COc1ccc(CCC(C)N2CCCC(O)C2)cc1. The lowest BCUT2D eigenvalue weighted by Crippen LogP contribution is -2.43. The van der Waals surface area contributed by atoms with Gasteiger partial charge < -0.3 is 9.84 Å². The number of hydrogen-bond acceptors (Lipinski definition) is 3. The van der Waals surface area contributed by atoms with Gasteiger partial charge in [-0.1, -0.05) is 12.1 Å². The molecule has 1 saturated heterocycles. The van der Waals surface area contributed by atoms with Crippen molar-refractivity contribution in [1.29, 1.82) is 0 Å². The van der Waals surface area contributed by atoms with Crippen LogP contribution in [0.4, 0.5) is 0 Å². The molecule has 19 heavy (non-hydrogen) atoms. The van der Waals surface area contributed by atoms with E-state index in [0.717, 1.165) is 44.5 Å². The highest BCUT2D eigenvalue weighted by Gasteiger charge is 2.21. The number of likely N-dealkylation sites (tertiary alicyclic amines) is 1. The van der Waals surface area contributed by atoms with Crippen LogP contribution < -0.4 is 4.74 Å². The predicted molar refractivity (Wildman–Crippen MR) is 77.6 cm³/mol. The third-order valence-corrected chi connectivity index (χ3v) is 4.06. The third-order valence-electron chi connectivity index (χ3n) is 4.06. The van der Waals surface area contributed by atoms with E-state index in [0.29, 0.717) is 6.04 Å². The van der Waals surface area contributed by atoms with E-state index in [1.54, 1.807) is 7.11 Å². The number of ether oxygens (including phenoxy) is 1. The van der Waals surface area contributed by atoms with E-state index in [4.69, 9.17) is 4.74 Å². The largest absolute Gasteiger partial charge is 0.497 e. The first-order valence-corrected chi connectivity index (χ1v) is 7.24. The average molecular weight is 263 g/mol. The molecular weight excluding hydrogens is 238 g/mol. The van der Waals surface area contributed by atoms with E-state index < -0.39 is 0 Å². The van der Waals surface area contributed by atoms with Gasteiger partial charge in [0.15, 0.2) is 0 Å². The number of β-amino-alcohol motifs (C(OH)–C–C–N with tert-alkyl or cyclic N) is 1. The molecule has 106 valence electrons. The second kappa shape index (κ2) is 6.92. The molecule has 1 aromatic carbocycles. The Kier molecular flexibility index (Phi) is 5.23. The summed E-state index contributed by atoms with van der Waals surface area (Å²) in [4.78, 5) is 2.41. The zero-order valence-corrected chi connectivity index (χ0v) is 12.0. The summed E-state index contributed by atoms with van der Waals surface area (Å²) >= 11 is 0. The highest BCUT2D eigenvalue weighted by molar-refractivity contribution is 5.27. The molecule has 0 aliphatic carbocycles. The van der Waals surface area contributed by atoms with E-state index in [1.807, 2.05) is 12.1 Å². The van der Waals surface area contributed by atoms with Gasteiger partial charge in [0.2, 0.25) is 0 Å². The molecule has 3 heteroatoms. The molecule has 2 unspecified atom stereocenters. The van der Waals surface area contributed by atoms with Crippen molar-refractivity contribution < 1.29 is 9.84 Å². The molecular formula is C16H25NO2. The molecule has 3 nitrogen and oxygen atoms in total. The van der Waals surface area contributed by atoms with E-state index in [1.165, 1.54) is 5.56 Å². The molecule has 0 aromatic heterocycles. The minimum Gasteiger partial charge on any atom is -0.497 e. The maximum absolute atomic E-state index is 9.72. The van der Waals surface area contributed by atoms with Crippen molar-refractivity contribution in [2.45, 2.75) is 44.8 Å². The van der Waals surface area contributed by atoms with Crippen LogP contribution >= 0.6 is 0 Å². The maximum atomic E-state index is 9.72. The minimum absolute atomic E-state index is 0.128. The lowest BCUT2D eigenvalue weighted by atomic mass is 10.0. The normalized spacial score (nSPS) is 22.2. The molecule has 0 amide bonds. The summed E-state index contributed by atoms with van der Waals surface area (Å²) in [6.07, 6.45) is 4.17. The topological polar surface area (TPSA) is 32.7 Å². The Morgan fingerprint density at radius 3 is 2.74 bits per heavy atom. The van der Waals surface area contributed by atoms with Gasteiger partial charge >= 0.3 is 0 Å². The Hall–Kier alpha value is -1.06. The van der Waals surface area contributed by atoms with Gasteiger partial charge in [0.05, 0.1) is 13.2 Å². The fraction of sp³-hybridized carbons (Fsp3) is 0.625. The van der Waals surface area contributed by atoms with Gasteiger partial charge in [-0.15, -0.1) is 0 Å². The fourth-order valence-corrected chi connectivity index (χ4v) is 2.73. The number of aliphatic hydroxyl groups is 1. The summed E-state index contributed by atoms with van der Waals surface area (Å²) in [7, 11) is 1.69. The quantitative estimate of drug-likeness (QED) is 0.886. The second-order valence-corrected chi connectivity index (χ2v) is 5.53. The predicted octanol–water partition coefficient (Wildman–Crippen LogP) is 2.47. The van der Waals surface area contributed by atoms with Crippen LogP contribution in [0, 0.1) is 0 Å². The molecule has 1 aromatic rings. The molecule has 1 N–H and O–H groups in total. The van der Waals surface area contributed by atoms with Gasteiger partial charge in [-0.25, -0.2) is 0 Å². The van der Waals surface area contributed by atoms with Crippen molar-refractivity contribution in [1.82, 2.24) is 4.90 Å². The number of hydrogen-bond donors (Lipinski definition) is 1. The van der Waals surface area contributed by atoms with Crippen molar-refractivity contribution in [2.75, 3.05) is 20.2 Å². The van der Waals surface area contributed by atoms with E-state index >= 15 is 0 Å². The van der Waals surface area contributed by atoms with Crippen LogP contribution in [-0.2, 0) is 6.42 Å². The van der Waals surface area contributed by atoms with Gasteiger partial charge in [0, 0.05) is 12.6 Å². The summed E-state index contributed by atoms with van der Waals surface area (Å²) in [5.41, 5.74) is 1.35. The zero-order chi connectivity index (χ0) is 13.7. The smallest absolute Gasteiger partial charge is 0.118 e. The summed E-state index contributed by atoms with van der Waals surface area (Å²) in [5.74, 6) is 0.913. The van der Waals surface area contributed by atoms with E-state index in [9.17, 15) is 5.11 Å². The van der Waals surface area contributed by atoms with Crippen LogP contribution in [0.5, 0.6) is 5.75 Å². The second-order valence-electron chi connectivity index (χ2n) is 5.53. The number of aliphatic hydroxyl groups excluding tert-OH is 1. The summed E-state index contributed by atoms with van der Waals surface area (Å²) < 4.78 is 5.17. The first kappa shape index (κ1) is 14.4. The van der Waals surface area contributed by atoms with Crippen LogP contribution in [-0.4, -0.2) is 42.4 Å². The van der Waals surface area contributed by atoms with Crippen LogP contribution in [0.2, 0.25) is 0 Å². The van der Waals surface area contributed by atoms with E-state index in [-0.39, 0.29) is 6.10 Å². The molecule has 2 rings (SSSR count). The van der Waals surface area contributed by atoms with Gasteiger partial charge in [-0.3, -0.25) is 4.90 Å². The summed E-state index contributed by atoms with van der Waals surface area (Å²) in [6.45, 7) is 4.23. The molecule has 0 radical (unpaired) electrons. The van der Waals surface area contributed by atoms with Crippen molar-refractivity contribution in [3.8, 4) is 5.75 Å². The highest BCUT2D eigenvalue weighted by Crippen LogP contribution is 2.17. The van der Waals surface area contributed by atoms with Gasteiger partial charge in [0.25, 0.3) is 0 Å². The van der Waals surface area contributed by atoms with Crippen molar-refractivity contribution in [2.24, 2.45) is 0 Å². The summed E-state index contributed by atoms with van der Waals surface area (Å²) in [6, 6.07) is 8.85. The molecule has 0 bridgehead atoms. The molecule has 0 spiro atoms. The third kappa shape index (κ3) is 4.22.